The Morgan fingerprint density at radius 3 is 2.67 bits per heavy atom. The maximum Gasteiger partial charge on any atom is 0.0600 e. The molecule has 1 saturated heterocycles. The zero-order valence-electron chi connectivity index (χ0n) is 3.48. The van der Waals surface area contributed by atoms with Gasteiger partial charge in [-0.25, -0.2) is 0 Å². The van der Waals surface area contributed by atoms with Crippen LogP contribution in [0.1, 0.15) is 12.8 Å². The third-order valence-electron chi connectivity index (χ3n) is 0.874. The normalized spacial score (nSPS) is 34.5. The lowest BCUT2D eigenvalue weighted by Gasteiger charge is -1.88. The Morgan fingerprint density at radius 1 is 1.67 bits per heavy atom. The highest BCUT2D eigenvalue weighted by Crippen LogP contribution is 2.30. The summed E-state index contributed by atoms with van der Waals surface area (Å²) in [6, 6.07) is 0. The van der Waals surface area contributed by atoms with Crippen molar-refractivity contribution >= 4 is 27.7 Å². The Balaban J connectivity index is 2.18. The molecular formula is C4H7BrS. The second-order valence-corrected chi connectivity index (χ2v) is 4.45. The van der Waals surface area contributed by atoms with E-state index in [1.54, 1.807) is 0 Å². The standard InChI is InChI=1S/C4H7BrS/c5-4-2-1-3-6-4/h4H,1-3H2. The molecule has 0 nitrogen and oxygen atoms in total. The number of rotatable bonds is 0. The number of hydrogen-bond donors (Lipinski definition) is 0. The van der Waals surface area contributed by atoms with E-state index in [0.717, 1.165) is 4.16 Å². The van der Waals surface area contributed by atoms with Gasteiger partial charge in [0, 0.05) is 0 Å². The van der Waals surface area contributed by atoms with Gasteiger partial charge in [-0.15, -0.1) is 11.8 Å². The van der Waals surface area contributed by atoms with Gasteiger partial charge in [0.05, 0.1) is 4.16 Å². The second kappa shape index (κ2) is 2.22. The van der Waals surface area contributed by atoms with Crippen LogP contribution in [0.2, 0.25) is 0 Å². The van der Waals surface area contributed by atoms with E-state index < -0.39 is 0 Å². The van der Waals surface area contributed by atoms with Crippen LogP contribution in [0, 0.1) is 0 Å². The average molecular weight is 167 g/mol. The summed E-state index contributed by atoms with van der Waals surface area (Å²) in [6.07, 6.45) is 2.77. The maximum absolute atomic E-state index is 3.50. The van der Waals surface area contributed by atoms with Crippen LogP contribution in [-0.4, -0.2) is 9.91 Å². The van der Waals surface area contributed by atoms with E-state index >= 15 is 0 Å². The smallest absolute Gasteiger partial charge is 0.0600 e. The minimum Gasteiger partial charge on any atom is -0.147 e. The summed E-state index contributed by atoms with van der Waals surface area (Å²) in [6.45, 7) is 0. The van der Waals surface area contributed by atoms with Crippen LogP contribution in [-0.2, 0) is 0 Å². The predicted octanol–water partition coefficient (Wildman–Crippen LogP) is 2.23. The summed E-state index contributed by atoms with van der Waals surface area (Å²) >= 11 is 5.52. The summed E-state index contributed by atoms with van der Waals surface area (Å²) in [5.41, 5.74) is 0. The second-order valence-electron chi connectivity index (χ2n) is 1.42. The van der Waals surface area contributed by atoms with Gasteiger partial charge in [-0.3, -0.25) is 0 Å². The molecule has 1 atom stereocenters. The van der Waals surface area contributed by atoms with E-state index in [-0.39, 0.29) is 0 Å². The van der Waals surface area contributed by atoms with Crippen LogP contribution in [0.25, 0.3) is 0 Å². The fraction of sp³-hybridized carbons (Fsp3) is 1.00. The number of thioether (sulfide) groups is 1. The van der Waals surface area contributed by atoms with Crippen molar-refractivity contribution < 1.29 is 0 Å². The fourth-order valence-corrected chi connectivity index (χ4v) is 2.35. The first-order chi connectivity index (χ1) is 2.89. The largest absolute Gasteiger partial charge is 0.147 e. The van der Waals surface area contributed by atoms with Gasteiger partial charge in [-0.05, 0) is 18.6 Å². The molecule has 6 heavy (non-hydrogen) atoms. The topological polar surface area (TPSA) is 0 Å². The van der Waals surface area contributed by atoms with Gasteiger partial charge in [-0.1, -0.05) is 15.9 Å². The van der Waals surface area contributed by atoms with Gasteiger partial charge in [0.2, 0.25) is 0 Å². The molecule has 0 aliphatic carbocycles. The molecule has 1 unspecified atom stereocenters. The SMILES string of the molecule is BrC1CCCS1. The zero-order chi connectivity index (χ0) is 4.41. The van der Waals surface area contributed by atoms with Crippen LogP contribution in [0.3, 0.4) is 0 Å². The number of alkyl halides is 1. The van der Waals surface area contributed by atoms with Gasteiger partial charge < -0.3 is 0 Å². The monoisotopic (exact) mass is 166 g/mol. The van der Waals surface area contributed by atoms with E-state index in [2.05, 4.69) is 15.9 Å². The Labute approximate surface area is 50.8 Å². The predicted molar refractivity (Wildman–Crippen MR) is 34.4 cm³/mol. The van der Waals surface area contributed by atoms with Crippen LogP contribution in [0.15, 0.2) is 0 Å². The van der Waals surface area contributed by atoms with Crippen LogP contribution < -0.4 is 0 Å². The van der Waals surface area contributed by atoms with Crippen molar-refractivity contribution in [2.75, 3.05) is 5.75 Å². The maximum atomic E-state index is 3.50. The van der Waals surface area contributed by atoms with Gasteiger partial charge in [0.15, 0.2) is 0 Å². The average Bonchev–Trinajstić information content (AvgIpc) is 1.86. The van der Waals surface area contributed by atoms with Gasteiger partial charge in [0.25, 0.3) is 0 Å². The van der Waals surface area contributed by atoms with Crippen LogP contribution >= 0.6 is 27.7 Å². The summed E-state index contributed by atoms with van der Waals surface area (Å²) in [5, 5.41) is 0. The molecule has 1 fully saturated rings. The highest BCUT2D eigenvalue weighted by Gasteiger charge is 2.09. The number of hydrogen-bond acceptors (Lipinski definition) is 1. The van der Waals surface area contributed by atoms with Gasteiger partial charge in [-0.2, -0.15) is 0 Å². The third-order valence-corrected chi connectivity index (χ3v) is 3.25. The molecule has 1 aliphatic heterocycles. The first-order valence-corrected chi connectivity index (χ1v) is 4.12. The third kappa shape index (κ3) is 1.16. The van der Waals surface area contributed by atoms with Crippen molar-refractivity contribution in [3.63, 3.8) is 0 Å². The molecular weight excluding hydrogens is 160 g/mol. The molecule has 0 spiro atoms. The summed E-state index contributed by atoms with van der Waals surface area (Å²) < 4.78 is 0.775. The van der Waals surface area contributed by atoms with E-state index in [1.807, 2.05) is 11.8 Å². The number of halogens is 1. The van der Waals surface area contributed by atoms with Crippen molar-refractivity contribution in [1.82, 2.24) is 0 Å². The molecule has 2 heteroatoms. The molecule has 0 saturated carbocycles. The molecule has 1 aliphatic rings. The molecule has 0 radical (unpaired) electrons. The fourth-order valence-electron chi connectivity index (χ4n) is 0.538. The molecule has 0 amide bonds. The van der Waals surface area contributed by atoms with E-state index in [1.165, 1.54) is 18.6 Å². The van der Waals surface area contributed by atoms with Crippen molar-refractivity contribution in [3.05, 3.63) is 0 Å². The Hall–Kier alpha value is 0.830. The van der Waals surface area contributed by atoms with Gasteiger partial charge in [0.1, 0.15) is 0 Å². The molecule has 1 rings (SSSR count). The van der Waals surface area contributed by atoms with Crippen molar-refractivity contribution in [1.29, 1.82) is 0 Å². The quantitative estimate of drug-likeness (QED) is 0.498. The zero-order valence-corrected chi connectivity index (χ0v) is 5.89. The highest BCUT2D eigenvalue weighted by molar-refractivity contribution is 9.11. The Bertz CT molecular complexity index is 40.8. The van der Waals surface area contributed by atoms with Crippen LogP contribution in [0.4, 0.5) is 0 Å². The molecule has 0 aromatic heterocycles. The van der Waals surface area contributed by atoms with E-state index in [9.17, 15) is 0 Å². The molecule has 0 aromatic carbocycles. The van der Waals surface area contributed by atoms with Gasteiger partial charge >= 0.3 is 0 Å². The highest BCUT2D eigenvalue weighted by atomic mass is 79.9. The summed E-state index contributed by atoms with van der Waals surface area (Å²) in [7, 11) is 0. The van der Waals surface area contributed by atoms with E-state index in [0.29, 0.717) is 0 Å². The summed E-state index contributed by atoms with van der Waals surface area (Å²) in [5.74, 6) is 1.36. The Morgan fingerprint density at radius 2 is 2.50 bits per heavy atom. The van der Waals surface area contributed by atoms with Crippen LogP contribution in [0.5, 0.6) is 0 Å². The summed E-state index contributed by atoms with van der Waals surface area (Å²) in [4.78, 5) is 0. The lowest BCUT2D eigenvalue weighted by molar-refractivity contribution is 0.930. The van der Waals surface area contributed by atoms with Crippen molar-refractivity contribution in [2.24, 2.45) is 0 Å². The van der Waals surface area contributed by atoms with Crippen molar-refractivity contribution in [3.8, 4) is 0 Å². The minimum atomic E-state index is 0.775. The molecule has 0 N–H and O–H groups in total. The molecule has 0 bridgehead atoms. The molecule has 36 valence electrons. The molecule has 0 aromatic rings. The minimum absolute atomic E-state index is 0.775. The Kier molecular flexibility index (Phi) is 1.84. The van der Waals surface area contributed by atoms with E-state index in [4.69, 9.17) is 0 Å². The first-order valence-electron chi connectivity index (χ1n) is 2.15. The lowest BCUT2D eigenvalue weighted by atomic mass is 10.4. The lowest BCUT2D eigenvalue weighted by Crippen LogP contribution is -1.74. The molecule has 1 heterocycles. The van der Waals surface area contributed by atoms with Crippen molar-refractivity contribution in [2.45, 2.75) is 17.0 Å². The first kappa shape index (κ1) is 4.98.